The lowest BCUT2D eigenvalue weighted by Gasteiger charge is -2.44. The Morgan fingerprint density at radius 2 is 1.54 bits per heavy atom. The summed E-state index contributed by atoms with van der Waals surface area (Å²) in [5, 5.41) is 0. The average Bonchev–Trinajstić information content (AvgIpc) is 3.67. The van der Waals surface area contributed by atoms with Crippen molar-refractivity contribution in [3.8, 4) is 5.75 Å². The molecule has 1 aliphatic carbocycles. The van der Waals surface area contributed by atoms with Gasteiger partial charge in [0.15, 0.2) is 11.4 Å². The van der Waals surface area contributed by atoms with Crippen LogP contribution in [0.5, 0.6) is 5.75 Å². The maximum Gasteiger partial charge on any atom is 0.422 e. The first kappa shape index (κ1) is 28.2. The van der Waals surface area contributed by atoms with Crippen LogP contribution in [0.3, 0.4) is 0 Å². The second kappa shape index (κ2) is 10.4. The Balaban J connectivity index is 1.43. The fraction of sp³-hybridized carbons (Fsp3) is 0.731. The van der Waals surface area contributed by atoms with Crippen LogP contribution in [0.1, 0.15) is 70.8 Å². The van der Waals surface area contributed by atoms with Gasteiger partial charge in [-0.2, -0.15) is 13.2 Å². The lowest BCUT2D eigenvalue weighted by atomic mass is 9.90. The Labute approximate surface area is 217 Å². The van der Waals surface area contributed by atoms with Crippen LogP contribution in [0, 0.1) is 0 Å². The van der Waals surface area contributed by atoms with E-state index in [0.717, 1.165) is 18.4 Å². The summed E-state index contributed by atoms with van der Waals surface area (Å²) in [7, 11) is -3.98. The maximum absolute atomic E-state index is 14.0. The standard InChI is InChI=1S/C26H37F3N2O5S/c1-24(2,3)36-23(32)25(12-16-30(17-13-25)21-6-7-21)37(33,34)31-14-10-20(11-15-31)19-4-8-22(9-5-19)35-18-26(27,28)29/h4-5,8-9,20-21H,6-7,10-18H2,1-3H3. The smallest absolute Gasteiger partial charge is 0.422 e. The van der Waals surface area contributed by atoms with Gasteiger partial charge in [0.25, 0.3) is 0 Å². The Kier molecular flexibility index (Phi) is 7.90. The molecule has 37 heavy (non-hydrogen) atoms. The van der Waals surface area contributed by atoms with Crippen LogP contribution >= 0.6 is 0 Å². The summed E-state index contributed by atoms with van der Waals surface area (Å²) in [6.45, 7) is 5.55. The van der Waals surface area contributed by atoms with Crippen molar-refractivity contribution < 1.29 is 35.9 Å². The predicted molar refractivity (Wildman–Crippen MR) is 133 cm³/mol. The maximum atomic E-state index is 14.0. The van der Waals surface area contributed by atoms with Crippen LogP contribution < -0.4 is 4.74 Å². The topological polar surface area (TPSA) is 76.2 Å². The first-order valence-electron chi connectivity index (χ1n) is 13.0. The number of carbonyl (C=O) groups is 1. The minimum absolute atomic E-state index is 0.0670. The molecule has 3 aliphatic rings. The summed E-state index contributed by atoms with van der Waals surface area (Å²) >= 11 is 0. The van der Waals surface area contributed by atoms with E-state index in [9.17, 15) is 26.4 Å². The van der Waals surface area contributed by atoms with Gasteiger partial charge < -0.3 is 14.4 Å². The molecule has 0 bridgehead atoms. The molecule has 7 nitrogen and oxygen atoms in total. The predicted octanol–water partition coefficient (Wildman–Crippen LogP) is 4.48. The summed E-state index contributed by atoms with van der Waals surface area (Å²) in [4.78, 5) is 15.7. The average molecular weight is 547 g/mol. The molecule has 2 saturated heterocycles. The Morgan fingerprint density at radius 1 is 0.973 bits per heavy atom. The Morgan fingerprint density at radius 3 is 2.03 bits per heavy atom. The number of nitrogens with zero attached hydrogens (tertiary/aromatic N) is 2. The SMILES string of the molecule is CC(C)(C)OC(=O)C1(S(=O)(=O)N2CCC(c3ccc(OCC(F)(F)F)cc3)CC2)CCN(C2CC2)CC1. The Hall–Kier alpha value is -1.85. The minimum Gasteiger partial charge on any atom is -0.484 e. The van der Waals surface area contributed by atoms with E-state index >= 15 is 0 Å². The van der Waals surface area contributed by atoms with E-state index < -0.39 is 39.1 Å². The van der Waals surface area contributed by atoms with Gasteiger partial charge in [-0.3, -0.25) is 4.79 Å². The van der Waals surface area contributed by atoms with Crippen molar-refractivity contribution in [1.29, 1.82) is 0 Å². The summed E-state index contributed by atoms with van der Waals surface area (Å²) in [6.07, 6.45) is -0.603. The van der Waals surface area contributed by atoms with Crippen LogP contribution in [0.25, 0.3) is 0 Å². The fourth-order valence-corrected chi connectivity index (χ4v) is 7.44. The van der Waals surface area contributed by atoms with Gasteiger partial charge >= 0.3 is 12.1 Å². The summed E-state index contributed by atoms with van der Waals surface area (Å²) in [6, 6.07) is 6.98. The number of ether oxygens (including phenoxy) is 2. The van der Waals surface area contributed by atoms with E-state index in [4.69, 9.17) is 9.47 Å². The number of halogens is 3. The molecule has 0 spiro atoms. The van der Waals surface area contributed by atoms with E-state index in [1.54, 1.807) is 32.9 Å². The minimum atomic E-state index is -4.40. The van der Waals surface area contributed by atoms with Crippen molar-refractivity contribution in [2.24, 2.45) is 0 Å². The lowest BCUT2D eigenvalue weighted by Crippen LogP contribution is -2.61. The second-order valence-electron chi connectivity index (χ2n) is 11.4. The van der Waals surface area contributed by atoms with Crippen LogP contribution in [-0.2, 0) is 19.6 Å². The number of benzene rings is 1. The van der Waals surface area contributed by atoms with Crippen LogP contribution in [-0.4, -0.2) is 78.9 Å². The molecule has 208 valence electrons. The number of carbonyl (C=O) groups excluding carboxylic acids is 1. The highest BCUT2D eigenvalue weighted by Crippen LogP contribution is 2.41. The van der Waals surface area contributed by atoms with E-state index in [1.165, 1.54) is 16.4 Å². The van der Waals surface area contributed by atoms with Crippen LogP contribution in [0.4, 0.5) is 13.2 Å². The quantitative estimate of drug-likeness (QED) is 0.470. The molecule has 0 amide bonds. The zero-order chi connectivity index (χ0) is 27.1. The van der Waals surface area contributed by atoms with Crippen molar-refractivity contribution >= 4 is 16.0 Å². The third-order valence-corrected chi connectivity index (χ3v) is 10.1. The van der Waals surface area contributed by atoms with Gasteiger partial charge in [0.05, 0.1) is 0 Å². The highest BCUT2D eigenvalue weighted by molar-refractivity contribution is 7.91. The monoisotopic (exact) mass is 546 g/mol. The van der Waals surface area contributed by atoms with Gasteiger partial charge in [-0.1, -0.05) is 12.1 Å². The molecule has 0 radical (unpaired) electrons. The van der Waals surface area contributed by atoms with Crippen molar-refractivity contribution in [1.82, 2.24) is 9.21 Å². The number of piperidine rings is 2. The molecule has 0 unspecified atom stereocenters. The number of hydrogen-bond donors (Lipinski definition) is 0. The van der Waals surface area contributed by atoms with E-state index in [2.05, 4.69) is 4.90 Å². The number of likely N-dealkylation sites (tertiary alicyclic amines) is 1. The highest BCUT2D eigenvalue weighted by atomic mass is 32.2. The molecule has 0 N–H and O–H groups in total. The zero-order valence-corrected chi connectivity index (χ0v) is 22.5. The summed E-state index contributed by atoms with van der Waals surface area (Å²) in [5.41, 5.74) is 0.131. The number of esters is 1. The molecule has 1 aromatic carbocycles. The van der Waals surface area contributed by atoms with Crippen molar-refractivity contribution in [2.45, 2.75) is 87.8 Å². The van der Waals surface area contributed by atoms with Crippen molar-refractivity contribution in [3.63, 3.8) is 0 Å². The largest absolute Gasteiger partial charge is 0.484 e. The first-order valence-corrected chi connectivity index (χ1v) is 14.4. The number of alkyl halides is 3. The molecular weight excluding hydrogens is 509 g/mol. The second-order valence-corrected chi connectivity index (χ2v) is 13.7. The molecule has 4 rings (SSSR count). The zero-order valence-electron chi connectivity index (χ0n) is 21.7. The van der Waals surface area contributed by atoms with Gasteiger partial charge in [-0.15, -0.1) is 0 Å². The van der Waals surface area contributed by atoms with E-state index in [0.29, 0.717) is 32.0 Å². The third kappa shape index (κ3) is 6.60. The van der Waals surface area contributed by atoms with Gasteiger partial charge in [-0.25, -0.2) is 12.7 Å². The van der Waals surface area contributed by atoms with E-state index in [-0.39, 0.29) is 37.6 Å². The van der Waals surface area contributed by atoms with Crippen LogP contribution in [0.2, 0.25) is 0 Å². The van der Waals surface area contributed by atoms with Gasteiger partial charge in [-0.05, 0) is 82.9 Å². The number of hydrogen-bond acceptors (Lipinski definition) is 6. The van der Waals surface area contributed by atoms with Crippen LogP contribution in [0.15, 0.2) is 24.3 Å². The summed E-state index contributed by atoms with van der Waals surface area (Å²) < 4.78 is 75.5. The lowest BCUT2D eigenvalue weighted by molar-refractivity contribution is -0.160. The molecular formula is C26H37F3N2O5S. The molecule has 2 heterocycles. The van der Waals surface area contributed by atoms with Crippen molar-refractivity contribution in [2.75, 3.05) is 32.8 Å². The molecule has 0 atom stereocenters. The van der Waals surface area contributed by atoms with E-state index in [1.807, 2.05) is 0 Å². The Bertz CT molecular complexity index is 1050. The van der Waals surface area contributed by atoms with Gasteiger partial charge in [0.1, 0.15) is 11.4 Å². The molecule has 0 aromatic heterocycles. The fourth-order valence-electron chi connectivity index (χ4n) is 5.31. The van der Waals surface area contributed by atoms with Crippen molar-refractivity contribution in [3.05, 3.63) is 29.8 Å². The molecule has 1 saturated carbocycles. The summed E-state index contributed by atoms with van der Waals surface area (Å²) in [5.74, 6) is -0.456. The molecule has 2 aliphatic heterocycles. The first-order chi connectivity index (χ1) is 17.2. The third-order valence-electron chi connectivity index (χ3n) is 7.48. The highest BCUT2D eigenvalue weighted by Gasteiger charge is 2.57. The molecule has 11 heteroatoms. The van der Waals surface area contributed by atoms with Gasteiger partial charge in [0.2, 0.25) is 10.0 Å². The number of sulfonamides is 1. The molecule has 3 fully saturated rings. The van der Waals surface area contributed by atoms with Gasteiger partial charge in [0, 0.05) is 32.2 Å². The number of rotatable bonds is 7. The normalized spacial score (nSPS) is 22.5. The molecule has 1 aromatic rings.